The van der Waals surface area contributed by atoms with E-state index in [2.05, 4.69) is 35.6 Å². The summed E-state index contributed by atoms with van der Waals surface area (Å²) in [7, 11) is 0. The van der Waals surface area contributed by atoms with Crippen molar-refractivity contribution in [1.82, 2.24) is 5.32 Å². The Hall–Kier alpha value is -2.33. The minimum atomic E-state index is 0.0117. The maximum absolute atomic E-state index is 12.5. The number of quaternary nitrogens is 1. The lowest BCUT2D eigenvalue weighted by Crippen LogP contribution is -3.12. The number of carbonyl (C=O) groups is 1. The predicted octanol–water partition coefficient (Wildman–Crippen LogP) is 2.45. The highest BCUT2D eigenvalue weighted by Gasteiger charge is 2.23. The summed E-state index contributed by atoms with van der Waals surface area (Å²) >= 11 is 0. The van der Waals surface area contributed by atoms with Crippen molar-refractivity contribution in [1.29, 1.82) is 0 Å². The molecule has 0 aliphatic carbocycles. The van der Waals surface area contributed by atoms with E-state index in [1.807, 2.05) is 38.1 Å². The Labute approximate surface area is 156 Å². The van der Waals surface area contributed by atoms with Crippen LogP contribution in [0.3, 0.4) is 0 Å². The summed E-state index contributed by atoms with van der Waals surface area (Å²) in [5.74, 6) is 0.812. The molecule has 4 nitrogen and oxygen atoms in total. The smallest absolute Gasteiger partial charge is 0.251 e. The van der Waals surface area contributed by atoms with Gasteiger partial charge in [0.25, 0.3) is 5.91 Å². The van der Waals surface area contributed by atoms with Crippen LogP contribution in [-0.2, 0) is 6.54 Å². The van der Waals surface area contributed by atoms with Gasteiger partial charge in [-0.05, 0) is 38.1 Å². The summed E-state index contributed by atoms with van der Waals surface area (Å²) < 4.78 is 5.63. The lowest BCUT2D eigenvalue weighted by atomic mass is 10.0. The van der Waals surface area contributed by atoms with Gasteiger partial charge in [-0.3, -0.25) is 4.79 Å². The van der Waals surface area contributed by atoms with E-state index in [1.165, 1.54) is 5.56 Å². The van der Waals surface area contributed by atoms with Crippen LogP contribution in [0.15, 0.2) is 54.6 Å². The zero-order valence-electron chi connectivity index (χ0n) is 15.7. The average Bonchev–Trinajstić information content (AvgIpc) is 2.64. The maximum Gasteiger partial charge on any atom is 0.251 e. The van der Waals surface area contributed by atoms with Gasteiger partial charge in [0.15, 0.2) is 0 Å². The lowest BCUT2D eigenvalue weighted by molar-refractivity contribution is -0.918. The van der Waals surface area contributed by atoms with Gasteiger partial charge in [0, 0.05) is 30.0 Å². The van der Waals surface area contributed by atoms with Crippen LogP contribution in [0.5, 0.6) is 5.75 Å². The van der Waals surface area contributed by atoms with Gasteiger partial charge in [0.2, 0.25) is 0 Å². The lowest BCUT2D eigenvalue weighted by Gasteiger charge is -2.29. The zero-order valence-corrected chi connectivity index (χ0v) is 15.7. The Morgan fingerprint density at radius 1 is 1.08 bits per heavy atom. The molecule has 0 saturated carbocycles. The summed E-state index contributed by atoms with van der Waals surface area (Å²) in [5.41, 5.74) is 2.08. The van der Waals surface area contributed by atoms with Gasteiger partial charge in [-0.1, -0.05) is 30.3 Å². The topological polar surface area (TPSA) is 42.8 Å². The molecule has 0 spiro atoms. The first-order valence-corrected chi connectivity index (χ1v) is 9.55. The van der Waals surface area contributed by atoms with E-state index >= 15 is 0 Å². The molecule has 1 aliphatic rings. The molecule has 1 saturated heterocycles. The summed E-state index contributed by atoms with van der Waals surface area (Å²) in [6, 6.07) is 18.3. The monoisotopic (exact) mass is 353 g/mol. The molecule has 1 heterocycles. The second kappa shape index (κ2) is 8.86. The maximum atomic E-state index is 12.5. The second-order valence-electron chi connectivity index (χ2n) is 7.35. The summed E-state index contributed by atoms with van der Waals surface area (Å²) in [6.45, 7) is 7.25. The molecule has 26 heavy (non-hydrogen) atoms. The van der Waals surface area contributed by atoms with E-state index in [9.17, 15) is 4.79 Å². The van der Waals surface area contributed by atoms with Gasteiger partial charge < -0.3 is 15.0 Å². The van der Waals surface area contributed by atoms with E-state index in [0.717, 1.165) is 38.2 Å². The molecule has 2 aromatic rings. The van der Waals surface area contributed by atoms with Crippen LogP contribution in [-0.4, -0.2) is 31.1 Å². The fourth-order valence-corrected chi connectivity index (χ4v) is 3.46. The van der Waals surface area contributed by atoms with Gasteiger partial charge in [0.1, 0.15) is 12.3 Å². The molecule has 4 heteroatoms. The molecule has 0 aromatic heterocycles. The van der Waals surface area contributed by atoms with Gasteiger partial charge >= 0.3 is 0 Å². The molecule has 0 radical (unpaired) electrons. The average molecular weight is 353 g/mol. The Morgan fingerprint density at radius 2 is 1.73 bits per heavy atom. The summed E-state index contributed by atoms with van der Waals surface area (Å²) in [6.07, 6.45) is 2.20. The molecule has 138 valence electrons. The van der Waals surface area contributed by atoms with Crippen molar-refractivity contribution in [3.63, 3.8) is 0 Å². The summed E-state index contributed by atoms with van der Waals surface area (Å²) in [5, 5.41) is 3.19. The molecule has 1 aliphatic heterocycles. The van der Waals surface area contributed by atoms with Gasteiger partial charge in [0.05, 0.1) is 19.2 Å². The first-order valence-electron chi connectivity index (χ1n) is 9.55. The number of piperidine rings is 1. The van der Waals surface area contributed by atoms with E-state index in [0.29, 0.717) is 5.56 Å². The Morgan fingerprint density at radius 3 is 2.35 bits per heavy atom. The fraction of sp³-hybridized carbons (Fsp3) is 0.409. The molecule has 2 aromatic carbocycles. The third kappa shape index (κ3) is 5.33. The number of ether oxygens (including phenoxy) is 1. The van der Waals surface area contributed by atoms with Crippen molar-refractivity contribution in [3.8, 4) is 5.75 Å². The first-order chi connectivity index (χ1) is 12.6. The van der Waals surface area contributed by atoms with Crippen molar-refractivity contribution >= 4 is 5.91 Å². The number of amides is 1. The number of hydrogen-bond acceptors (Lipinski definition) is 2. The van der Waals surface area contributed by atoms with Crippen molar-refractivity contribution < 1.29 is 14.4 Å². The molecule has 3 rings (SSSR count). The largest absolute Gasteiger partial charge is 0.491 e. The Kier molecular flexibility index (Phi) is 6.29. The number of nitrogens with one attached hydrogen (secondary N) is 2. The highest BCUT2D eigenvalue weighted by Crippen LogP contribution is 2.14. The normalized spacial score (nSPS) is 20.0. The predicted molar refractivity (Wildman–Crippen MR) is 104 cm³/mol. The van der Waals surface area contributed by atoms with Crippen LogP contribution >= 0.6 is 0 Å². The van der Waals surface area contributed by atoms with Crippen LogP contribution in [0.2, 0.25) is 0 Å². The number of carbonyl (C=O) groups excluding carboxylic acids is 1. The van der Waals surface area contributed by atoms with Crippen molar-refractivity contribution in [3.05, 3.63) is 65.7 Å². The molecule has 0 atom stereocenters. The summed E-state index contributed by atoms with van der Waals surface area (Å²) in [4.78, 5) is 14.1. The minimum Gasteiger partial charge on any atom is -0.491 e. The molecule has 0 bridgehead atoms. The Balaban J connectivity index is 1.46. The second-order valence-corrected chi connectivity index (χ2v) is 7.35. The van der Waals surface area contributed by atoms with E-state index in [1.54, 1.807) is 4.90 Å². The standard InChI is InChI=1S/C22H28N2O2/c1-17(2)26-21-10-8-19(9-11-21)22(25)23-20-12-14-24(15-13-20)16-18-6-4-3-5-7-18/h3-11,17,20H,12-16H2,1-2H3,(H,23,25)/p+1. The van der Waals surface area contributed by atoms with Gasteiger partial charge in [-0.15, -0.1) is 0 Å². The molecule has 2 N–H and O–H groups in total. The van der Waals surface area contributed by atoms with E-state index < -0.39 is 0 Å². The molecule has 0 unspecified atom stereocenters. The van der Waals surface area contributed by atoms with Crippen LogP contribution < -0.4 is 15.0 Å². The number of hydrogen-bond donors (Lipinski definition) is 2. The van der Waals surface area contributed by atoms with Crippen LogP contribution in [0.25, 0.3) is 0 Å². The molecular formula is C22H29N2O2+. The molecule has 1 amide bonds. The fourth-order valence-electron chi connectivity index (χ4n) is 3.46. The van der Waals surface area contributed by atoms with Crippen LogP contribution in [0, 0.1) is 0 Å². The van der Waals surface area contributed by atoms with E-state index in [4.69, 9.17) is 4.74 Å². The Bertz CT molecular complexity index is 690. The zero-order chi connectivity index (χ0) is 18.4. The van der Waals surface area contributed by atoms with Crippen LogP contribution in [0.1, 0.15) is 42.6 Å². The van der Waals surface area contributed by atoms with Crippen LogP contribution in [0.4, 0.5) is 0 Å². The van der Waals surface area contributed by atoms with Crippen molar-refractivity contribution in [2.24, 2.45) is 0 Å². The number of likely N-dealkylation sites (tertiary alicyclic amines) is 1. The SMILES string of the molecule is CC(C)Oc1ccc(C(=O)NC2CC[NH+](Cc3ccccc3)CC2)cc1. The van der Waals surface area contributed by atoms with Crippen molar-refractivity contribution in [2.45, 2.75) is 45.4 Å². The number of benzene rings is 2. The third-order valence-corrected chi connectivity index (χ3v) is 4.81. The van der Waals surface area contributed by atoms with Crippen molar-refractivity contribution in [2.75, 3.05) is 13.1 Å². The number of rotatable bonds is 6. The molecular weight excluding hydrogens is 324 g/mol. The highest BCUT2D eigenvalue weighted by molar-refractivity contribution is 5.94. The van der Waals surface area contributed by atoms with Gasteiger partial charge in [-0.2, -0.15) is 0 Å². The first kappa shape index (κ1) is 18.5. The third-order valence-electron chi connectivity index (χ3n) is 4.81. The molecule has 1 fully saturated rings. The highest BCUT2D eigenvalue weighted by atomic mass is 16.5. The quantitative estimate of drug-likeness (QED) is 0.838. The van der Waals surface area contributed by atoms with Gasteiger partial charge in [-0.25, -0.2) is 0 Å². The van der Waals surface area contributed by atoms with E-state index in [-0.39, 0.29) is 18.1 Å². The minimum absolute atomic E-state index is 0.0117.